The quantitative estimate of drug-likeness (QED) is 0.466. The summed E-state index contributed by atoms with van der Waals surface area (Å²) in [5.74, 6) is 0. The van der Waals surface area contributed by atoms with E-state index in [2.05, 4.69) is 4.90 Å². The topological polar surface area (TPSA) is 69.7 Å². The Balaban J connectivity index is 3.51. The monoisotopic (exact) mass is 176 g/mol. The zero-order chi connectivity index (χ0) is 9.40. The molecule has 0 fully saturated rings. The van der Waals surface area contributed by atoms with E-state index in [1.165, 1.54) is 0 Å². The molecule has 0 rings (SSSR count). The Morgan fingerprint density at radius 3 is 2.58 bits per heavy atom. The third kappa shape index (κ3) is 5.49. The maximum atomic E-state index is 9.14. The summed E-state index contributed by atoms with van der Waals surface area (Å²) in [6.45, 7) is 4.85. The summed E-state index contributed by atoms with van der Waals surface area (Å²) in [5.41, 5.74) is 5.36. The molecule has 0 aromatic rings. The number of hydrogen-bond acceptors (Lipinski definition) is 4. The SMILES string of the molecule is CCN(CCCN)CC(O)CO. The molecule has 0 heterocycles. The summed E-state index contributed by atoms with van der Waals surface area (Å²) in [6.07, 6.45) is 0.314. The van der Waals surface area contributed by atoms with Crippen LogP contribution in [-0.4, -0.2) is 54.0 Å². The molecular weight excluding hydrogens is 156 g/mol. The molecule has 0 radical (unpaired) electrons. The summed E-state index contributed by atoms with van der Waals surface area (Å²) >= 11 is 0. The largest absolute Gasteiger partial charge is 0.394 e. The number of nitrogens with two attached hydrogens (primary N) is 1. The van der Waals surface area contributed by atoms with Gasteiger partial charge in [0, 0.05) is 6.54 Å². The lowest BCUT2D eigenvalue weighted by Gasteiger charge is -2.22. The van der Waals surface area contributed by atoms with Gasteiger partial charge in [-0.3, -0.25) is 0 Å². The maximum absolute atomic E-state index is 9.14. The predicted molar refractivity (Wildman–Crippen MR) is 48.9 cm³/mol. The first kappa shape index (κ1) is 11.8. The van der Waals surface area contributed by atoms with Crippen molar-refractivity contribution in [3.8, 4) is 0 Å². The molecule has 0 aliphatic rings. The van der Waals surface area contributed by atoms with Crippen molar-refractivity contribution < 1.29 is 10.2 Å². The summed E-state index contributed by atoms with van der Waals surface area (Å²) in [4.78, 5) is 2.08. The van der Waals surface area contributed by atoms with E-state index in [0.717, 1.165) is 19.5 Å². The minimum atomic E-state index is -0.622. The highest BCUT2D eigenvalue weighted by molar-refractivity contribution is 4.62. The molecule has 0 aliphatic carbocycles. The van der Waals surface area contributed by atoms with Gasteiger partial charge >= 0.3 is 0 Å². The van der Waals surface area contributed by atoms with Gasteiger partial charge in [0.05, 0.1) is 12.7 Å². The standard InChI is InChI=1S/C8H20N2O2/c1-2-10(5-3-4-9)6-8(12)7-11/h8,11-12H,2-7,9H2,1H3. The Bertz CT molecular complexity index is 101. The van der Waals surface area contributed by atoms with Crippen LogP contribution in [0.1, 0.15) is 13.3 Å². The van der Waals surface area contributed by atoms with E-state index in [9.17, 15) is 0 Å². The molecule has 12 heavy (non-hydrogen) atoms. The summed E-state index contributed by atoms with van der Waals surface area (Å²) in [7, 11) is 0. The van der Waals surface area contributed by atoms with Gasteiger partial charge in [-0.25, -0.2) is 0 Å². The third-order valence-corrected chi connectivity index (χ3v) is 1.81. The highest BCUT2D eigenvalue weighted by Crippen LogP contribution is 1.93. The van der Waals surface area contributed by atoms with E-state index < -0.39 is 6.10 Å². The van der Waals surface area contributed by atoms with E-state index in [-0.39, 0.29) is 6.61 Å². The van der Waals surface area contributed by atoms with Crippen molar-refractivity contribution >= 4 is 0 Å². The summed E-state index contributed by atoms with van der Waals surface area (Å²) in [6, 6.07) is 0. The molecule has 0 aromatic heterocycles. The molecule has 74 valence electrons. The van der Waals surface area contributed by atoms with Crippen molar-refractivity contribution in [2.24, 2.45) is 5.73 Å². The number of nitrogens with zero attached hydrogens (tertiary/aromatic N) is 1. The average Bonchev–Trinajstić information content (AvgIpc) is 2.11. The van der Waals surface area contributed by atoms with Crippen molar-refractivity contribution in [3.05, 3.63) is 0 Å². The number of rotatable bonds is 7. The smallest absolute Gasteiger partial charge is 0.0897 e. The molecule has 0 bridgehead atoms. The lowest BCUT2D eigenvalue weighted by molar-refractivity contribution is 0.0605. The molecule has 0 aliphatic heterocycles. The fraction of sp³-hybridized carbons (Fsp3) is 1.00. The number of hydrogen-bond donors (Lipinski definition) is 3. The van der Waals surface area contributed by atoms with Gasteiger partial charge in [-0.2, -0.15) is 0 Å². The van der Waals surface area contributed by atoms with Crippen LogP contribution in [-0.2, 0) is 0 Å². The molecule has 0 amide bonds. The van der Waals surface area contributed by atoms with Crippen LogP contribution in [0.3, 0.4) is 0 Å². The average molecular weight is 176 g/mol. The van der Waals surface area contributed by atoms with Crippen molar-refractivity contribution in [2.45, 2.75) is 19.4 Å². The van der Waals surface area contributed by atoms with E-state index in [0.29, 0.717) is 13.1 Å². The van der Waals surface area contributed by atoms with E-state index in [1.807, 2.05) is 6.92 Å². The number of aliphatic hydroxyl groups excluding tert-OH is 2. The van der Waals surface area contributed by atoms with Crippen LogP contribution < -0.4 is 5.73 Å². The highest BCUT2D eigenvalue weighted by Gasteiger charge is 2.07. The van der Waals surface area contributed by atoms with Crippen molar-refractivity contribution in [1.29, 1.82) is 0 Å². The normalized spacial score (nSPS) is 13.8. The van der Waals surface area contributed by atoms with Crippen molar-refractivity contribution in [1.82, 2.24) is 4.90 Å². The first-order valence-electron chi connectivity index (χ1n) is 4.45. The maximum Gasteiger partial charge on any atom is 0.0897 e. The van der Waals surface area contributed by atoms with Crippen LogP contribution in [0.5, 0.6) is 0 Å². The van der Waals surface area contributed by atoms with Crippen LogP contribution in [0.25, 0.3) is 0 Å². The minimum Gasteiger partial charge on any atom is -0.394 e. The van der Waals surface area contributed by atoms with E-state index in [1.54, 1.807) is 0 Å². The van der Waals surface area contributed by atoms with Crippen LogP contribution in [0.2, 0.25) is 0 Å². The molecule has 0 saturated carbocycles. The molecular formula is C8H20N2O2. The second kappa shape index (κ2) is 7.49. The fourth-order valence-electron chi connectivity index (χ4n) is 1.05. The Morgan fingerprint density at radius 2 is 2.17 bits per heavy atom. The summed E-state index contributed by atoms with van der Waals surface area (Å²) in [5, 5.41) is 17.7. The predicted octanol–water partition coefficient (Wildman–Crippen LogP) is -0.990. The van der Waals surface area contributed by atoms with E-state index in [4.69, 9.17) is 15.9 Å². The van der Waals surface area contributed by atoms with Crippen LogP contribution in [0.4, 0.5) is 0 Å². The Morgan fingerprint density at radius 1 is 1.50 bits per heavy atom. The number of likely N-dealkylation sites (N-methyl/N-ethyl adjacent to an activating group) is 1. The Hall–Kier alpha value is -0.160. The number of aliphatic hydroxyl groups is 2. The van der Waals surface area contributed by atoms with Crippen molar-refractivity contribution in [2.75, 3.05) is 32.8 Å². The molecule has 1 atom stereocenters. The second-order valence-electron chi connectivity index (χ2n) is 2.87. The molecule has 4 nitrogen and oxygen atoms in total. The molecule has 0 saturated heterocycles. The van der Waals surface area contributed by atoms with Gasteiger partial charge in [-0.05, 0) is 26.1 Å². The van der Waals surface area contributed by atoms with Gasteiger partial charge in [0.1, 0.15) is 0 Å². The molecule has 4 N–H and O–H groups in total. The highest BCUT2D eigenvalue weighted by atomic mass is 16.3. The molecule has 1 unspecified atom stereocenters. The second-order valence-corrected chi connectivity index (χ2v) is 2.87. The molecule has 0 spiro atoms. The van der Waals surface area contributed by atoms with Gasteiger partial charge < -0.3 is 20.8 Å². The Kier molecular flexibility index (Phi) is 7.39. The van der Waals surface area contributed by atoms with Gasteiger partial charge in [-0.15, -0.1) is 0 Å². The summed E-state index contributed by atoms with van der Waals surface area (Å²) < 4.78 is 0. The minimum absolute atomic E-state index is 0.168. The lowest BCUT2D eigenvalue weighted by Crippen LogP contribution is -2.35. The van der Waals surface area contributed by atoms with Gasteiger partial charge in [0.25, 0.3) is 0 Å². The van der Waals surface area contributed by atoms with Crippen molar-refractivity contribution in [3.63, 3.8) is 0 Å². The first-order valence-corrected chi connectivity index (χ1v) is 4.45. The molecule has 0 aromatic carbocycles. The van der Waals surface area contributed by atoms with Crippen LogP contribution in [0, 0.1) is 0 Å². The Labute approximate surface area is 74.0 Å². The van der Waals surface area contributed by atoms with Gasteiger partial charge in [0.15, 0.2) is 0 Å². The van der Waals surface area contributed by atoms with E-state index >= 15 is 0 Å². The zero-order valence-corrected chi connectivity index (χ0v) is 7.74. The van der Waals surface area contributed by atoms with Crippen LogP contribution >= 0.6 is 0 Å². The molecule has 4 heteroatoms. The van der Waals surface area contributed by atoms with Gasteiger partial charge in [-0.1, -0.05) is 6.92 Å². The fourth-order valence-corrected chi connectivity index (χ4v) is 1.05. The third-order valence-electron chi connectivity index (χ3n) is 1.81. The first-order chi connectivity index (χ1) is 5.74. The van der Waals surface area contributed by atoms with Gasteiger partial charge in [0.2, 0.25) is 0 Å². The lowest BCUT2D eigenvalue weighted by atomic mass is 10.3. The van der Waals surface area contributed by atoms with Crippen LogP contribution in [0.15, 0.2) is 0 Å². The zero-order valence-electron chi connectivity index (χ0n) is 7.74.